The van der Waals surface area contributed by atoms with Crippen molar-refractivity contribution in [3.63, 3.8) is 0 Å². The SMILES string of the molecule is Cc1ccc(C(C#N)c2cc(C)c(C)cc2C#N)cc1C. The van der Waals surface area contributed by atoms with E-state index in [9.17, 15) is 10.5 Å². The first-order valence-corrected chi connectivity index (χ1v) is 6.96. The lowest BCUT2D eigenvalue weighted by Crippen LogP contribution is -2.03. The van der Waals surface area contributed by atoms with Gasteiger partial charge in [-0.1, -0.05) is 24.3 Å². The Morgan fingerprint density at radius 1 is 0.810 bits per heavy atom. The third kappa shape index (κ3) is 2.81. The molecule has 0 aliphatic rings. The van der Waals surface area contributed by atoms with Crippen LogP contribution in [0.3, 0.4) is 0 Å². The summed E-state index contributed by atoms with van der Waals surface area (Å²) in [6.45, 7) is 8.09. The third-order valence-corrected chi connectivity index (χ3v) is 4.09. The molecule has 0 amide bonds. The van der Waals surface area contributed by atoms with Gasteiger partial charge in [0.1, 0.15) is 0 Å². The highest BCUT2D eigenvalue weighted by atomic mass is 14.3. The molecule has 1 atom stereocenters. The van der Waals surface area contributed by atoms with Crippen molar-refractivity contribution in [2.45, 2.75) is 33.6 Å². The topological polar surface area (TPSA) is 47.6 Å². The second kappa shape index (κ2) is 5.81. The predicted octanol–water partition coefficient (Wildman–Crippen LogP) is 4.45. The van der Waals surface area contributed by atoms with E-state index in [-0.39, 0.29) is 0 Å². The van der Waals surface area contributed by atoms with Crippen LogP contribution in [0.4, 0.5) is 0 Å². The molecule has 0 aliphatic heterocycles. The van der Waals surface area contributed by atoms with E-state index in [0.717, 1.165) is 27.8 Å². The van der Waals surface area contributed by atoms with E-state index in [4.69, 9.17) is 0 Å². The summed E-state index contributed by atoms with van der Waals surface area (Å²) in [7, 11) is 0. The minimum atomic E-state index is -0.404. The zero-order chi connectivity index (χ0) is 15.6. The average Bonchev–Trinajstić information content (AvgIpc) is 2.46. The van der Waals surface area contributed by atoms with Crippen LogP contribution in [0, 0.1) is 50.4 Å². The molecule has 2 aromatic carbocycles. The first-order chi connectivity index (χ1) is 9.97. The van der Waals surface area contributed by atoms with Crippen molar-refractivity contribution < 1.29 is 0 Å². The predicted molar refractivity (Wildman–Crippen MR) is 84.0 cm³/mol. The maximum atomic E-state index is 9.61. The summed E-state index contributed by atoms with van der Waals surface area (Å²) in [5.74, 6) is -0.404. The second-order valence-electron chi connectivity index (χ2n) is 5.54. The van der Waals surface area contributed by atoms with Gasteiger partial charge in [0.2, 0.25) is 0 Å². The molecule has 2 heteroatoms. The van der Waals surface area contributed by atoms with Crippen LogP contribution in [0.2, 0.25) is 0 Å². The van der Waals surface area contributed by atoms with Crippen LogP contribution in [-0.2, 0) is 0 Å². The summed E-state index contributed by atoms with van der Waals surface area (Å²) < 4.78 is 0. The normalized spacial score (nSPS) is 11.5. The van der Waals surface area contributed by atoms with E-state index in [1.165, 1.54) is 5.56 Å². The van der Waals surface area contributed by atoms with Gasteiger partial charge in [-0.15, -0.1) is 0 Å². The molecule has 0 fully saturated rings. The number of rotatable bonds is 2. The standard InChI is InChI=1S/C19H18N2/c1-12-5-6-16(7-13(12)2)19(11-21)18-9-15(4)14(3)8-17(18)10-20/h5-9,19H,1-4H3. The molecule has 21 heavy (non-hydrogen) atoms. The number of aryl methyl sites for hydroxylation is 4. The van der Waals surface area contributed by atoms with Gasteiger partial charge < -0.3 is 0 Å². The Hall–Kier alpha value is -2.58. The summed E-state index contributed by atoms with van der Waals surface area (Å²) in [4.78, 5) is 0. The fraction of sp³-hybridized carbons (Fsp3) is 0.263. The third-order valence-electron chi connectivity index (χ3n) is 4.09. The summed E-state index contributed by atoms with van der Waals surface area (Å²) in [5.41, 5.74) is 6.88. The van der Waals surface area contributed by atoms with E-state index in [1.54, 1.807) is 0 Å². The lowest BCUT2D eigenvalue weighted by molar-refractivity contribution is 1.01. The molecule has 0 saturated heterocycles. The van der Waals surface area contributed by atoms with Gasteiger partial charge in [0.25, 0.3) is 0 Å². The van der Waals surface area contributed by atoms with Crippen molar-refractivity contribution in [1.29, 1.82) is 10.5 Å². The van der Waals surface area contributed by atoms with Crippen LogP contribution in [0.5, 0.6) is 0 Å². The van der Waals surface area contributed by atoms with E-state index < -0.39 is 5.92 Å². The Bertz CT molecular complexity index is 773. The van der Waals surface area contributed by atoms with Crippen molar-refractivity contribution in [2.24, 2.45) is 0 Å². The molecular weight excluding hydrogens is 256 g/mol. The van der Waals surface area contributed by atoms with Crippen LogP contribution >= 0.6 is 0 Å². The number of nitriles is 2. The molecule has 0 aromatic heterocycles. The highest BCUT2D eigenvalue weighted by Crippen LogP contribution is 2.30. The molecule has 2 aromatic rings. The lowest BCUT2D eigenvalue weighted by atomic mass is 9.86. The summed E-state index contributed by atoms with van der Waals surface area (Å²) in [6, 6.07) is 14.5. The lowest BCUT2D eigenvalue weighted by Gasteiger charge is -2.15. The highest BCUT2D eigenvalue weighted by molar-refractivity contribution is 5.52. The van der Waals surface area contributed by atoms with Gasteiger partial charge in [0.05, 0.1) is 23.6 Å². The van der Waals surface area contributed by atoms with Crippen LogP contribution in [0.1, 0.15) is 44.9 Å². The monoisotopic (exact) mass is 274 g/mol. The fourth-order valence-electron chi connectivity index (χ4n) is 2.44. The molecule has 104 valence electrons. The summed E-state index contributed by atoms with van der Waals surface area (Å²) in [5, 5.41) is 19.0. The smallest absolute Gasteiger partial charge is 0.0995 e. The molecule has 0 aliphatic carbocycles. The van der Waals surface area contributed by atoms with Gasteiger partial charge in [-0.2, -0.15) is 10.5 Å². The number of benzene rings is 2. The highest BCUT2D eigenvalue weighted by Gasteiger charge is 2.18. The zero-order valence-corrected chi connectivity index (χ0v) is 12.9. The van der Waals surface area contributed by atoms with Crippen molar-refractivity contribution in [2.75, 3.05) is 0 Å². The molecule has 2 rings (SSSR count). The molecule has 2 nitrogen and oxygen atoms in total. The molecule has 1 unspecified atom stereocenters. The molecular formula is C19H18N2. The van der Waals surface area contributed by atoms with Crippen LogP contribution in [0.15, 0.2) is 30.3 Å². The minimum Gasteiger partial charge on any atom is -0.197 e. The molecule has 0 saturated carbocycles. The van der Waals surface area contributed by atoms with Gasteiger partial charge in [-0.05, 0) is 67.1 Å². The van der Waals surface area contributed by atoms with Gasteiger partial charge >= 0.3 is 0 Å². The van der Waals surface area contributed by atoms with E-state index in [1.807, 2.05) is 51.1 Å². The first kappa shape index (κ1) is 14.8. The fourth-order valence-corrected chi connectivity index (χ4v) is 2.44. The average molecular weight is 274 g/mol. The van der Waals surface area contributed by atoms with E-state index in [2.05, 4.69) is 19.1 Å². The van der Waals surface area contributed by atoms with Crippen molar-refractivity contribution in [1.82, 2.24) is 0 Å². The van der Waals surface area contributed by atoms with Crippen LogP contribution in [-0.4, -0.2) is 0 Å². The maximum Gasteiger partial charge on any atom is 0.0995 e. The van der Waals surface area contributed by atoms with E-state index in [0.29, 0.717) is 5.56 Å². The largest absolute Gasteiger partial charge is 0.197 e. The Kier molecular flexibility index (Phi) is 4.10. The van der Waals surface area contributed by atoms with Crippen LogP contribution in [0.25, 0.3) is 0 Å². The van der Waals surface area contributed by atoms with Gasteiger partial charge in [-0.3, -0.25) is 0 Å². The zero-order valence-electron chi connectivity index (χ0n) is 12.9. The second-order valence-corrected chi connectivity index (χ2v) is 5.54. The molecule has 0 spiro atoms. The number of nitrogens with zero attached hydrogens (tertiary/aromatic N) is 2. The van der Waals surface area contributed by atoms with Crippen molar-refractivity contribution >= 4 is 0 Å². The first-order valence-electron chi connectivity index (χ1n) is 6.96. The van der Waals surface area contributed by atoms with Gasteiger partial charge in [-0.25, -0.2) is 0 Å². The molecule has 0 bridgehead atoms. The molecule has 0 N–H and O–H groups in total. The number of hydrogen-bond acceptors (Lipinski definition) is 2. The Labute approximate surface area is 126 Å². The Balaban J connectivity index is 2.62. The molecule has 0 radical (unpaired) electrons. The summed E-state index contributed by atoms with van der Waals surface area (Å²) >= 11 is 0. The number of hydrogen-bond donors (Lipinski definition) is 0. The Morgan fingerprint density at radius 3 is 2.00 bits per heavy atom. The van der Waals surface area contributed by atoms with Crippen LogP contribution < -0.4 is 0 Å². The van der Waals surface area contributed by atoms with Gasteiger partial charge in [0, 0.05) is 0 Å². The minimum absolute atomic E-state index is 0.404. The quantitative estimate of drug-likeness (QED) is 0.812. The Morgan fingerprint density at radius 2 is 1.43 bits per heavy atom. The van der Waals surface area contributed by atoms with Crippen molar-refractivity contribution in [3.05, 3.63) is 69.3 Å². The summed E-state index contributed by atoms with van der Waals surface area (Å²) in [6.07, 6.45) is 0. The van der Waals surface area contributed by atoms with E-state index >= 15 is 0 Å². The van der Waals surface area contributed by atoms with Gasteiger partial charge in [0.15, 0.2) is 0 Å². The van der Waals surface area contributed by atoms with Crippen molar-refractivity contribution in [3.8, 4) is 12.1 Å². The molecule has 0 heterocycles. The maximum absolute atomic E-state index is 9.61.